The Bertz CT molecular complexity index is 686. The van der Waals surface area contributed by atoms with Gasteiger partial charge < -0.3 is 14.7 Å². The Morgan fingerprint density at radius 1 is 1.32 bits per heavy atom. The van der Waals surface area contributed by atoms with Crippen molar-refractivity contribution >= 4 is 24.0 Å². The molecule has 1 N–H and O–H groups in total. The van der Waals surface area contributed by atoms with Crippen LogP contribution in [-0.2, 0) is 9.53 Å². The van der Waals surface area contributed by atoms with Crippen LogP contribution in [0.2, 0.25) is 0 Å². The number of carbonyl (C=O) groups excluding carboxylic acids is 2. The van der Waals surface area contributed by atoms with Gasteiger partial charge in [-0.05, 0) is 39.0 Å². The summed E-state index contributed by atoms with van der Waals surface area (Å²) >= 11 is 0. The molecule has 136 valence electrons. The Kier molecular flexibility index (Phi) is 5.30. The number of hydrogen-bond acceptors (Lipinski definition) is 5. The van der Waals surface area contributed by atoms with E-state index in [1.165, 1.54) is 12.1 Å². The van der Waals surface area contributed by atoms with E-state index in [0.717, 1.165) is 11.0 Å². The minimum Gasteiger partial charge on any atom is -0.480 e. The number of carboxylic acids is 1. The number of rotatable bonds is 3. The number of piperazine rings is 1. The molecule has 1 aromatic rings. The van der Waals surface area contributed by atoms with Crippen LogP contribution in [-0.4, -0.2) is 59.6 Å². The first kappa shape index (κ1) is 18.7. The molecule has 1 saturated heterocycles. The summed E-state index contributed by atoms with van der Waals surface area (Å²) in [6.45, 7) is 5.34. The fraction of sp³-hybridized carbons (Fsp3) is 0.471. The highest BCUT2D eigenvalue weighted by Gasteiger charge is 2.38. The Morgan fingerprint density at radius 2 is 2.00 bits per heavy atom. The average molecular weight is 352 g/mol. The van der Waals surface area contributed by atoms with E-state index in [0.29, 0.717) is 6.29 Å². The molecule has 0 saturated carbocycles. The van der Waals surface area contributed by atoms with Gasteiger partial charge in [-0.2, -0.15) is 0 Å². The number of anilines is 1. The lowest BCUT2D eigenvalue weighted by Crippen LogP contribution is -2.59. The minimum atomic E-state index is -1.19. The maximum Gasteiger partial charge on any atom is 0.411 e. The lowest BCUT2D eigenvalue weighted by molar-refractivity contribution is -0.143. The van der Waals surface area contributed by atoms with Crippen molar-refractivity contribution in [2.45, 2.75) is 32.4 Å². The maximum absolute atomic E-state index is 14.2. The molecule has 25 heavy (non-hydrogen) atoms. The highest BCUT2D eigenvalue weighted by Crippen LogP contribution is 2.24. The van der Waals surface area contributed by atoms with Gasteiger partial charge in [0, 0.05) is 25.2 Å². The smallest absolute Gasteiger partial charge is 0.411 e. The Hall–Kier alpha value is -2.64. The summed E-state index contributed by atoms with van der Waals surface area (Å²) in [5.41, 5.74) is -0.349. The molecule has 0 spiro atoms. The second kappa shape index (κ2) is 7.08. The molecule has 1 aliphatic rings. The predicted octanol–water partition coefficient (Wildman–Crippen LogP) is 2.15. The summed E-state index contributed by atoms with van der Waals surface area (Å²) in [6.07, 6.45) is -0.177. The van der Waals surface area contributed by atoms with Gasteiger partial charge in [0.15, 0.2) is 0 Å². The van der Waals surface area contributed by atoms with Crippen LogP contribution in [0, 0.1) is 5.82 Å². The second-order valence-corrected chi connectivity index (χ2v) is 6.80. The third kappa shape index (κ3) is 4.46. The topological polar surface area (TPSA) is 87.2 Å². The van der Waals surface area contributed by atoms with Crippen LogP contribution < -0.4 is 4.90 Å². The quantitative estimate of drug-likeness (QED) is 0.839. The van der Waals surface area contributed by atoms with Gasteiger partial charge in [0.1, 0.15) is 23.7 Å². The highest BCUT2D eigenvalue weighted by molar-refractivity contribution is 5.82. The Morgan fingerprint density at radius 3 is 2.52 bits per heavy atom. The molecular weight excluding hydrogens is 331 g/mol. The number of hydrogen-bond donors (Lipinski definition) is 1. The molecule has 0 unspecified atom stereocenters. The monoisotopic (exact) mass is 352 g/mol. The zero-order chi connectivity index (χ0) is 18.8. The van der Waals surface area contributed by atoms with Crippen LogP contribution in [0.3, 0.4) is 0 Å². The van der Waals surface area contributed by atoms with Crippen LogP contribution in [0.15, 0.2) is 18.2 Å². The molecule has 0 radical (unpaired) electrons. The van der Waals surface area contributed by atoms with Gasteiger partial charge in [-0.15, -0.1) is 0 Å². The number of aldehydes is 1. The van der Waals surface area contributed by atoms with Crippen molar-refractivity contribution in [3.05, 3.63) is 29.6 Å². The summed E-state index contributed by atoms with van der Waals surface area (Å²) in [4.78, 5) is 37.2. The molecule has 0 aromatic heterocycles. The second-order valence-electron chi connectivity index (χ2n) is 6.80. The van der Waals surface area contributed by atoms with E-state index in [2.05, 4.69) is 0 Å². The Balaban J connectivity index is 2.20. The zero-order valence-corrected chi connectivity index (χ0v) is 14.4. The van der Waals surface area contributed by atoms with Gasteiger partial charge in [-0.25, -0.2) is 14.0 Å². The van der Waals surface area contributed by atoms with E-state index in [4.69, 9.17) is 4.74 Å². The first-order valence-electron chi connectivity index (χ1n) is 7.84. The van der Waals surface area contributed by atoms with Crippen molar-refractivity contribution in [3.63, 3.8) is 0 Å². The lowest BCUT2D eigenvalue weighted by atomic mass is 10.1. The van der Waals surface area contributed by atoms with Crippen molar-refractivity contribution in [1.82, 2.24) is 4.90 Å². The molecular formula is C17H21FN2O5. The molecule has 1 aromatic carbocycles. The molecule has 2 rings (SSSR count). The molecule has 1 atom stereocenters. The largest absolute Gasteiger partial charge is 0.480 e. The van der Waals surface area contributed by atoms with Gasteiger partial charge in [0.25, 0.3) is 0 Å². The lowest BCUT2D eigenvalue weighted by Gasteiger charge is -2.40. The summed E-state index contributed by atoms with van der Waals surface area (Å²) in [7, 11) is 0. The SMILES string of the molecule is CC(C)(C)OC(=O)N1CCN(c2ccc(C=O)cc2F)C[C@H]1C(=O)O. The Labute approximate surface area is 145 Å². The molecule has 1 amide bonds. The molecule has 1 heterocycles. The van der Waals surface area contributed by atoms with Crippen LogP contribution in [0.5, 0.6) is 0 Å². The van der Waals surface area contributed by atoms with E-state index in [1.807, 2.05) is 0 Å². The van der Waals surface area contributed by atoms with E-state index >= 15 is 0 Å². The van der Waals surface area contributed by atoms with Crippen molar-refractivity contribution in [1.29, 1.82) is 0 Å². The van der Waals surface area contributed by atoms with Gasteiger partial charge >= 0.3 is 12.1 Å². The van der Waals surface area contributed by atoms with Crippen molar-refractivity contribution in [2.24, 2.45) is 0 Å². The van der Waals surface area contributed by atoms with E-state index in [9.17, 15) is 23.9 Å². The van der Waals surface area contributed by atoms with Gasteiger partial charge in [0.2, 0.25) is 0 Å². The van der Waals surface area contributed by atoms with Crippen molar-refractivity contribution in [2.75, 3.05) is 24.5 Å². The number of ether oxygens (including phenoxy) is 1. The van der Waals surface area contributed by atoms with Crippen LogP contribution >= 0.6 is 0 Å². The number of carboxylic acid groups (broad SMARTS) is 1. The third-order valence-electron chi connectivity index (χ3n) is 3.74. The minimum absolute atomic E-state index is 0.0774. The summed E-state index contributed by atoms with van der Waals surface area (Å²) in [5.74, 6) is -1.81. The van der Waals surface area contributed by atoms with E-state index < -0.39 is 29.5 Å². The molecule has 0 aliphatic carbocycles. The van der Waals surface area contributed by atoms with Crippen LogP contribution in [0.25, 0.3) is 0 Å². The predicted molar refractivity (Wildman–Crippen MR) is 88.4 cm³/mol. The number of carbonyl (C=O) groups is 3. The van der Waals surface area contributed by atoms with Gasteiger partial charge in [-0.1, -0.05) is 0 Å². The zero-order valence-electron chi connectivity index (χ0n) is 14.4. The third-order valence-corrected chi connectivity index (χ3v) is 3.74. The standard InChI is InChI=1S/C17H21FN2O5/c1-17(2,3)25-16(24)20-7-6-19(9-14(20)15(22)23)13-5-4-11(10-21)8-12(13)18/h4-5,8,10,14H,6-7,9H2,1-3H3,(H,22,23)/t14-/m0/s1. The number of amides is 1. The van der Waals surface area contributed by atoms with Gasteiger partial charge in [-0.3, -0.25) is 9.69 Å². The number of benzene rings is 1. The van der Waals surface area contributed by atoms with Crippen LogP contribution in [0.4, 0.5) is 14.9 Å². The van der Waals surface area contributed by atoms with E-state index in [1.54, 1.807) is 25.7 Å². The highest BCUT2D eigenvalue weighted by atomic mass is 19.1. The van der Waals surface area contributed by atoms with Crippen molar-refractivity contribution < 1.29 is 28.6 Å². The average Bonchev–Trinajstić information content (AvgIpc) is 2.52. The molecule has 7 nitrogen and oxygen atoms in total. The molecule has 0 bridgehead atoms. The fourth-order valence-electron chi connectivity index (χ4n) is 2.61. The first-order valence-corrected chi connectivity index (χ1v) is 7.84. The van der Waals surface area contributed by atoms with Crippen LogP contribution in [0.1, 0.15) is 31.1 Å². The summed E-state index contributed by atoms with van der Waals surface area (Å²) in [5, 5.41) is 9.46. The fourth-order valence-corrected chi connectivity index (χ4v) is 2.61. The first-order chi connectivity index (χ1) is 11.6. The normalized spacial score (nSPS) is 18.0. The number of halogens is 1. The molecule has 1 fully saturated rings. The summed E-state index contributed by atoms with van der Waals surface area (Å²) in [6, 6.07) is 2.83. The number of aliphatic carboxylic acids is 1. The number of nitrogens with zero attached hydrogens (tertiary/aromatic N) is 2. The maximum atomic E-state index is 14.2. The van der Waals surface area contributed by atoms with Crippen molar-refractivity contribution in [3.8, 4) is 0 Å². The molecule has 1 aliphatic heterocycles. The van der Waals surface area contributed by atoms with Gasteiger partial charge in [0.05, 0.1) is 5.69 Å². The molecule has 8 heteroatoms. The van der Waals surface area contributed by atoms with E-state index in [-0.39, 0.29) is 30.9 Å². The summed E-state index contributed by atoms with van der Waals surface area (Å²) < 4.78 is 19.4.